The van der Waals surface area contributed by atoms with E-state index in [-0.39, 0.29) is 35.5 Å². The molecule has 1 aliphatic heterocycles. The van der Waals surface area contributed by atoms with Crippen molar-refractivity contribution in [3.8, 4) is 0 Å². The molecule has 4 nitrogen and oxygen atoms in total. The maximum Gasteiger partial charge on any atom is 0.224 e. The minimum atomic E-state index is -0.717. The summed E-state index contributed by atoms with van der Waals surface area (Å²) in [6, 6.07) is 0.240. The summed E-state index contributed by atoms with van der Waals surface area (Å²) in [5.74, 6) is 1.06. The molecule has 118 valence electrons. The summed E-state index contributed by atoms with van der Waals surface area (Å²) in [6.45, 7) is 3.82. The monoisotopic (exact) mass is 322 g/mol. The van der Waals surface area contributed by atoms with Crippen molar-refractivity contribution in [2.45, 2.75) is 56.7 Å². The molecule has 0 bridgehead atoms. The molecule has 1 heterocycles. The molecule has 0 spiro atoms. The van der Waals surface area contributed by atoms with E-state index in [0.29, 0.717) is 0 Å². The van der Waals surface area contributed by atoms with Crippen LogP contribution in [0.15, 0.2) is 0 Å². The van der Waals surface area contributed by atoms with Crippen molar-refractivity contribution < 1.29 is 9.00 Å². The number of nitrogens with one attached hydrogen (secondary N) is 2. The van der Waals surface area contributed by atoms with E-state index in [9.17, 15) is 9.00 Å². The molecule has 2 rings (SSSR count). The smallest absolute Gasteiger partial charge is 0.224 e. The van der Waals surface area contributed by atoms with E-state index in [0.717, 1.165) is 57.4 Å². The fourth-order valence-corrected chi connectivity index (χ4v) is 4.49. The van der Waals surface area contributed by atoms with Crippen LogP contribution in [-0.4, -0.2) is 40.3 Å². The van der Waals surface area contributed by atoms with Gasteiger partial charge in [0.25, 0.3) is 0 Å². The van der Waals surface area contributed by atoms with E-state index in [1.54, 1.807) is 0 Å². The highest BCUT2D eigenvalue weighted by molar-refractivity contribution is 7.85. The summed E-state index contributed by atoms with van der Waals surface area (Å²) in [6.07, 6.45) is 6.17. The van der Waals surface area contributed by atoms with Crippen LogP contribution < -0.4 is 10.6 Å². The number of amides is 1. The van der Waals surface area contributed by atoms with Crippen molar-refractivity contribution in [3.05, 3.63) is 0 Å². The second-order valence-corrected chi connectivity index (χ2v) is 7.71. The zero-order valence-electron chi connectivity index (χ0n) is 12.2. The van der Waals surface area contributed by atoms with Gasteiger partial charge < -0.3 is 10.6 Å². The van der Waals surface area contributed by atoms with E-state index in [1.807, 2.05) is 6.92 Å². The molecular formula is C14H27ClN2O2S. The number of hydrogen-bond acceptors (Lipinski definition) is 3. The Bertz CT molecular complexity index is 335. The molecule has 2 N–H and O–H groups in total. The molecule has 0 aromatic carbocycles. The van der Waals surface area contributed by atoms with Gasteiger partial charge in [-0.2, -0.15) is 0 Å². The summed E-state index contributed by atoms with van der Waals surface area (Å²) in [4.78, 5) is 12.2. The summed E-state index contributed by atoms with van der Waals surface area (Å²) >= 11 is 0. The Kier molecular flexibility index (Phi) is 8.07. The lowest BCUT2D eigenvalue weighted by Crippen LogP contribution is -2.46. The molecule has 4 unspecified atom stereocenters. The zero-order valence-corrected chi connectivity index (χ0v) is 13.9. The predicted octanol–water partition coefficient (Wildman–Crippen LogP) is 1.60. The lowest BCUT2D eigenvalue weighted by Gasteiger charge is -2.31. The fraction of sp³-hybridized carbons (Fsp3) is 0.929. The minimum absolute atomic E-state index is 0. The van der Waals surface area contributed by atoms with E-state index in [1.165, 1.54) is 0 Å². The summed E-state index contributed by atoms with van der Waals surface area (Å²) in [5.41, 5.74) is 0. The highest BCUT2D eigenvalue weighted by Gasteiger charge is 2.28. The Morgan fingerprint density at radius 1 is 1.30 bits per heavy atom. The first kappa shape index (κ1) is 17.9. The van der Waals surface area contributed by atoms with Gasteiger partial charge in [0.15, 0.2) is 0 Å². The molecule has 6 heteroatoms. The van der Waals surface area contributed by atoms with Gasteiger partial charge in [0.2, 0.25) is 5.91 Å². The van der Waals surface area contributed by atoms with Crippen molar-refractivity contribution in [2.75, 3.05) is 18.8 Å². The topological polar surface area (TPSA) is 58.2 Å². The zero-order chi connectivity index (χ0) is 13.7. The second kappa shape index (κ2) is 9.00. The summed E-state index contributed by atoms with van der Waals surface area (Å²) in [7, 11) is -0.717. The molecule has 1 aliphatic carbocycles. The van der Waals surface area contributed by atoms with E-state index < -0.39 is 10.8 Å². The van der Waals surface area contributed by atoms with Crippen LogP contribution in [0.3, 0.4) is 0 Å². The van der Waals surface area contributed by atoms with Gasteiger partial charge in [-0.05, 0) is 38.6 Å². The molecule has 0 radical (unpaired) electrons. The number of rotatable bonds is 4. The van der Waals surface area contributed by atoms with Crippen molar-refractivity contribution in [3.63, 3.8) is 0 Å². The van der Waals surface area contributed by atoms with Crippen molar-refractivity contribution in [2.24, 2.45) is 5.92 Å². The van der Waals surface area contributed by atoms with Crippen LogP contribution in [0.5, 0.6) is 0 Å². The molecule has 1 saturated carbocycles. The van der Waals surface area contributed by atoms with Gasteiger partial charge in [0, 0.05) is 34.4 Å². The SMILES string of the molecule is CCS(=O)C1CCCC(NC(=O)C2CCCNC2)C1.Cl. The summed E-state index contributed by atoms with van der Waals surface area (Å²) in [5, 5.41) is 6.75. The Morgan fingerprint density at radius 2 is 2.10 bits per heavy atom. The third-order valence-corrected chi connectivity index (χ3v) is 6.04. The van der Waals surface area contributed by atoms with Crippen LogP contribution in [0.2, 0.25) is 0 Å². The van der Waals surface area contributed by atoms with Crippen LogP contribution in [0.1, 0.15) is 45.4 Å². The first-order valence-corrected chi connectivity index (χ1v) is 8.97. The van der Waals surface area contributed by atoms with Crippen LogP contribution in [0, 0.1) is 5.92 Å². The average molecular weight is 323 g/mol. The van der Waals surface area contributed by atoms with E-state index in [4.69, 9.17) is 0 Å². The van der Waals surface area contributed by atoms with Crippen molar-refractivity contribution >= 4 is 29.1 Å². The van der Waals surface area contributed by atoms with Gasteiger partial charge >= 0.3 is 0 Å². The third kappa shape index (κ3) is 5.01. The van der Waals surface area contributed by atoms with Gasteiger partial charge in [-0.15, -0.1) is 12.4 Å². The number of piperidine rings is 1. The highest BCUT2D eigenvalue weighted by Crippen LogP contribution is 2.23. The van der Waals surface area contributed by atoms with Crippen molar-refractivity contribution in [1.82, 2.24) is 10.6 Å². The number of halogens is 1. The predicted molar refractivity (Wildman–Crippen MR) is 85.7 cm³/mol. The van der Waals surface area contributed by atoms with E-state index >= 15 is 0 Å². The molecule has 0 aromatic heterocycles. The maximum absolute atomic E-state index is 12.2. The minimum Gasteiger partial charge on any atom is -0.353 e. The van der Waals surface area contributed by atoms with Crippen molar-refractivity contribution in [1.29, 1.82) is 0 Å². The van der Waals surface area contributed by atoms with Gasteiger partial charge in [0.1, 0.15) is 0 Å². The van der Waals surface area contributed by atoms with Gasteiger partial charge in [0.05, 0.1) is 5.92 Å². The van der Waals surface area contributed by atoms with E-state index in [2.05, 4.69) is 10.6 Å². The third-order valence-electron chi connectivity index (χ3n) is 4.30. The molecule has 2 fully saturated rings. The second-order valence-electron chi connectivity index (χ2n) is 5.71. The molecular weight excluding hydrogens is 296 g/mol. The normalized spacial score (nSPS) is 31.9. The van der Waals surface area contributed by atoms with Gasteiger partial charge in [-0.25, -0.2) is 0 Å². The molecule has 1 amide bonds. The maximum atomic E-state index is 12.2. The average Bonchev–Trinajstić information content (AvgIpc) is 2.47. The van der Waals surface area contributed by atoms with Crippen LogP contribution in [0.4, 0.5) is 0 Å². The molecule has 1 saturated heterocycles. The highest BCUT2D eigenvalue weighted by atomic mass is 35.5. The lowest BCUT2D eigenvalue weighted by atomic mass is 9.93. The molecule has 4 atom stereocenters. The first-order valence-electron chi connectivity index (χ1n) is 7.59. The Balaban J connectivity index is 0.00000200. The van der Waals surface area contributed by atoms with Gasteiger partial charge in [-0.1, -0.05) is 13.3 Å². The molecule has 0 aromatic rings. The Labute approximate surface area is 130 Å². The first-order chi connectivity index (χ1) is 9.20. The largest absolute Gasteiger partial charge is 0.353 e. The van der Waals surface area contributed by atoms with Crippen LogP contribution in [0.25, 0.3) is 0 Å². The van der Waals surface area contributed by atoms with Crippen LogP contribution >= 0.6 is 12.4 Å². The molecule has 20 heavy (non-hydrogen) atoms. The fourth-order valence-electron chi connectivity index (χ4n) is 3.15. The standard InChI is InChI=1S/C14H26N2O2S.ClH/c1-2-19(18)13-7-3-6-12(9-13)16-14(17)11-5-4-8-15-10-11;/h11-13,15H,2-10H2,1H3,(H,16,17);1H. The summed E-state index contributed by atoms with van der Waals surface area (Å²) < 4.78 is 11.9. The quantitative estimate of drug-likeness (QED) is 0.826. The molecule has 2 aliphatic rings. The van der Waals surface area contributed by atoms with Crippen LogP contribution in [-0.2, 0) is 15.6 Å². The number of carbonyl (C=O) groups is 1. The number of hydrogen-bond donors (Lipinski definition) is 2. The van der Waals surface area contributed by atoms with Gasteiger partial charge in [-0.3, -0.25) is 9.00 Å². The number of carbonyl (C=O) groups excluding carboxylic acids is 1. The Morgan fingerprint density at radius 3 is 2.75 bits per heavy atom. The Hall–Kier alpha value is -0.130. The lowest BCUT2D eigenvalue weighted by molar-refractivity contribution is -0.126.